The molecule has 2 aliphatic rings. The van der Waals surface area contributed by atoms with E-state index >= 15 is 0 Å². The molecule has 0 spiro atoms. The standard InChI is InChI=1S/C21H15NO4/c23-19-12-6-1-2-7-13(12)20(24)18-15(19)9-5-11-17(18)22-16-10-4-3-8-14(16)21(25)26/h1-10,17,22H,11H2,(H,25,26). The van der Waals surface area contributed by atoms with Crippen LogP contribution in [-0.4, -0.2) is 28.7 Å². The van der Waals surface area contributed by atoms with Gasteiger partial charge in [0.2, 0.25) is 0 Å². The number of Topliss-reactive ketones (excluding diaryl/α,β-unsaturated/α-hetero) is 2. The Morgan fingerprint density at radius 3 is 2.35 bits per heavy atom. The molecule has 128 valence electrons. The second kappa shape index (κ2) is 6.11. The van der Waals surface area contributed by atoms with Gasteiger partial charge >= 0.3 is 5.97 Å². The number of carbonyl (C=O) groups is 3. The molecule has 0 radical (unpaired) electrons. The first-order chi connectivity index (χ1) is 12.6. The van der Waals surface area contributed by atoms with E-state index in [0.29, 0.717) is 34.4 Å². The van der Waals surface area contributed by atoms with Crippen LogP contribution in [0.3, 0.4) is 0 Å². The molecule has 2 aliphatic carbocycles. The van der Waals surface area contributed by atoms with Crippen molar-refractivity contribution in [2.24, 2.45) is 0 Å². The van der Waals surface area contributed by atoms with Gasteiger partial charge in [-0.05, 0) is 18.6 Å². The Kier molecular flexibility index (Phi) is 3.77. The fourth-order valence-corrected chi connectivity index (χ4v) is 3.48. The van der Waals surface area contributed by atoms with Crippen LogP contribution < -0.4 is 5.32 Å². The molecule has 1 atom stereocenters. The maximum absolute atomic E-state index is 13.0. The van der Waals surface area contributed by atoms with E-state index in [4.69, 9.17) is 0 Å². The zero-order valence-electron chi connectivity index (χ0n) is 13.7. The molecule has 0 fully saturated rings. The van der Waals surface area contributed by atoms with Crippen molar-refractivity contribution in [2.45, 2.75) is 12.5 Å². The second-order valence-electron chi connectivity index (χ2n) is 6.22. The Morgan fingerprint density at radius 2 is 1.62 bits per heavy atom. The summed E-state index contributed by atoms with van der Waals surface area (Å²) in [5.74, 6) is -1.42. The number of carbonyl (C=O) groups excluding carboxylic acids is 2. The van der Waals surface area contributed by atoms with Gasteiger partial charge in [-0.1, -0.05) is 48.6 Å². The molecule has 0 aromatic heterocycles. The van der Waals surface area contributed by atoms with E-state index in [0.717, 1.165) is 0 Å². The third kappa shape index (κ3) is 2.45. The van der Waals surface area contributed by atoms with Crippen molar-refractivity contribution in [3.63, 3.8) is 0 Å². The van der Waals surface area contributed by atoms with Crippen molar-refractivity contribution in [2.75, 3.05) is 5.32 Å². The highest BCUT2D eigenvalue weighted by Crippen LogP contribution is 2.34. The summed E-state index contributed by atoms with van der Waals surface area (Å²) >= 11 is 0. The molecule has 26 heavy (non-hydrogen) atoms. The smallest absolute Gasteiger partial charge is 0.337 e. The first-order valence-corrected chi connectivity index (χ1v) is 8.26. The van der Waals surface area contributed by atoms with E-state index in [-0.39, 0.29) is 17.1 Å². The van der Waals surface area contributed by atoms with Crippen LogP contribution in [0.15, 0.2) is 71.8 Å². The molecule has 0 saturated heterocycles. The van der Waals surface area contributed by atoms with E-state index in [1.807, 2.05) is 6.08 Å². The van der Waals surface area contributed by atoms with Gasteiger partial charge in [0.05, 0.1) is 11.6 Å². The van der Waals surface area contributed by atoms with Gasteiger partial charge in [0.15, 0.2) is 11.6 Å². The summed E-state index contributed by atoms with van der Waals surface area (Å²) in [5.41, 5.74) is 2.13. The van der Waals surface area contributed by atoms with Gasteiger partial charge in [0.25, 0.3) is 0 Å². The fourth-order valence-electron chi connectivity index (χ4n) is 3.48. The normalized spacial score (nSPS) is 18.4. The second-order valence-corrected chi connectivity index (χ2v) is 6.22. The maximum Gasteiger partial charge on any atom is 0.337 e. The van der Waals surface area contributed by atoms with Gasteiger partial charge in [-0.2, -0.15) is 0 Å². The average Bonchev–Trinajstić information content (AvgIpc) is 2.66. The van der Waals surface area contributed by atoms with Crippen LogP contribution in [0.2, 0.25) is 0 Å². The number of ketones is 2. The van der Waals surface area contributed by atoms with Crippen molar-refractivity contribution >= 4 is 23.2 Å². The summed E-state index contributed by atoms with van der Waals surface area (Å²) in [4.78, 5) is 37.2. The minimum Gasteiger partial charge on any atom is -0.478 e. The minimum absolute atomic E-state index is 0.124. The lowest BCUT2D eigenvalue weighted by Crippen LogP contribution is -2.34. The molecule has 1 unspecified atom stereocenters. The number of para-hydroxylation sites is 1. The molecule has 5 nitrogen and oxygen atoms in total. The van der Waals surface area contributed by atoms with Crippen LogP contribution in [0.4, 0.5) is 5.69 Å². The molecule has 4 rings (SSSR count). The van der Waals surface area contributed by atoms with Gasteiger partial charge in [-0.3, -0.25) is 9.59 Å². The SMILES string of the molecule is O=C(O)c1ccccc1NC1CC=CC2=C1C(=O)c1ccccc1C2=O. The van der Waals surface area contributed by atoms with Crippen LogP contribution in [0.5, 0.6) is 0 Å². The Balaban J connectivity index is 1.77. The highest BCUT2D eigenvalue weighted by Gasteiger charge is 2.36. The quantitative estimate of drug-likeness (QED) is 0.889. The molecule has 2 N–H and O–H groups in total. The van der Waals surface area contributed by atoms with Gasteiger partial charge < -0.3 is 10.4 Å². The highest BCUT2D eigenvalue weighted by molar-refractivity contribution is 6.28. The number of hydrogen-bond acceptors (Lipinski definition) is 4. The number of carboxylic acid groups (broad SMARTS) is 1. The number of hydrogen-bond donors (Lipinski definition) is 2. The van der Waals surface area contributed by atoms with Crippen LogP contribution in [0, 0.1) is 0 Å². The molecule has 0 heterocycles. The number of allylic oxidation sites excluding steroid dienone is 2. The van der Waals surface area contributed by atoms with Crippen LogP contribution >= 0.6 is 0 Å². The maximum atomic E-state index is 13.0. The fraction of sp³-hybridized carbons (Fsp3) is 0.0952. The van der Waals surface area contributed by atoms with Crippen LogP contribution in [0.25, 0.3) is 0 Å². The summed E-state index contributed by atoms with van der Waals surface area (Å²) in [7, 11) is 0. The summed E-state index contributed by atoms with van der Waals surface area (Å²) < 4.78 is 0. The zero-order valence-corrected chi connectivity index (χ0v) is 13.7. The van der Waals surface area contributed by atoms with Crippen molar-refractivity contribution in [1.82, 2.24) is 0 Å². The Bertz CT molecular complexity index is 1020. The van der Waals surface area contributed by atoms with Crippen molar-refractivity contribution in [1.29, 1.82) is 0 Å². The summed E-state index contributed by atoms with van der Waals surface area (Å²) in [5, 5.41) is 12.5. The number of aromatic carboxylic acids is 1. The average molecular weight is 345 g/mol. The number of nitrogens with one attached hydrogen (secondary N) is 1. The van der Waals surface area contributed by atoms with Gasteiger partial charge in [-0.15, -0.1) is 0 Å². The minimum atomic E-state index is -1.05. The van der Waals surface area contributed by atoms with Gasteiger partial charge in [0, 0.05) is 28.0 Å². The molecule has 0 bridgehead atoms. The molecule has 2 aromatic carbocycles. The first kappa shape index (κ1) is 16.0. The van der Waals surface area contributed by atoms with E-state index in [1.165, 1.54) is 6.07 Å². The van der Waals surface area contributed by atoms with Crippen molar-refractivity contribution in [3.05, 3.63) is 88.5 Å². The van der Waals surface area contributed by atoms with Crippen molar-refractivity contribution in [3.8, 4) is 0 Å². The number of fused-ring (bicyclic) bond motifs is 1. The summed E-state index contributed by atoms with van der Waals surface area (Å²) in [6, 6.07) is 12.9. The first-order valence-electron chi connectivity index (χ1n) is 8.26. The Morgan fingerprint density at radius 1 is 0.962 bits per heavy atom. The van der Waals surface area contributed by atoms with Crippen molar-refractivity contribution < 1.29 is 19.5 Å². The zero-order chi connectivity index (χ0) is 18.3. The predicted octanol–water partition coefficient (Wildman–Crippen LogP) is 3.50. The largest absolute Gasteiger partial charge is 0.478 e. The Labute approximate surface area is 149 Å². The van der Waals surface area contributed by atoms with E-state index < -0.39 is 12.0 Å². The number of benzene rings is 2. The van der Waals surface area contributed by atoms with E-state index in [9.17, 15) is 19.5 Å². The molecule has 0 amide bonds. The number of rotatable bonds is 3. The molecular weight excluding hydrogens is 330 g/mol. The monoisotopic (exact) mass is 345 g/mol. The summed E-state index contributed by atoms with van der Waals surface area (Å²) in [6.07, 6.45) is 4.01. The lowest BCUT2D eigenvalue weighted by molar-refractivity contribution is 0.0697. The predicted molar refractivity (Wildman–Crippen MR) is 96.7 cm³/mol. The number of carboxylic acids is 1. The van der Waals surface area contributed by atoms with E-state index in [1.54, 1.807) is 48.5 Å². The molecule has 0 saturated carbocycles. The Hall–Kier alpha value is -3.47. The molecule has 0 aliphatic heterocycles. The summed E-state index contributed by atoms with van der Waals surface area (Å²) in [6.45, 7) is 0. The van der Waals surface area contributed by atoms with Gasteiger partial charge in [0.1, 0.15) is 0 Å². The lowest BCUT2D eigenvalue weighted by Gasteiger charge is -2.29. The number of anilines is 1. The molecule has 5 heteroatoms. The highest BCUT2D eigenvalue weighted by atomic mass is 16.4. The topological polar surface area (TPSA) is 83.5 Å². The third-order valence-corrected chi connectivity index (χ3v) is 4.69. The molecular formula is C21H15NO4. The van der Waals surface area contributed by atoms with E-state index in [2.05, 4.69) is 5.32 Å². The third-order valence-electron chi connectivity index (χ3n) is 4.69. The van der Waals surface area contributed by atoms with Crippen LogP contribution in [0.1, 0.15) is 37.5 Å². The molecule has 2 aromatic rings. The van der Waals surface area contributed by atoms with Crippen LogP contribution in [-0.2, 0) is 0 Å². The lowest BCUT2D eigenvalue weighted by atomic mass is 9.78. The van der Waals surface area contributed by atoms with Gasteiger partial charge in [-0.25, -0.2) is 4.79 Å².